The van der Waals surface area contributed by atoms with Crippen LogP contribution in [0.2, 0.25) is 0 Å². The number of aliphatic hydroxyl groups excluding tert-OH is 8. The van der Waals surface area contributed by atoms with Crippen LogP contribution < -0.4 is 9.47 Å². The molecule has 0 radical (unpaired) electrons. The first kappa shape index (κ1) is 63.0. The van der Waals surface area contributed by atoms with Gasteiger partial charge in [-0.15, -0.1) is 0 Å². The van der Waals surface area contributed by atoms with Crippen molar-refractivity contribution in [1.82, 2.24) is 19.9 Å². The van der Waals surface area contributed by atoms with Crippen molar-refractivity contribution in [3.63, 3.8) is 0 Å². The Morgan fingerprint density at radius 1 is 0.311 bits per heavy atom. The van der Waals surface area contributed by atoms with Crippen LogP contribution >= 0.6 is 0 Å². The molecular formula is C56H32F18N4O12. The molecule has 0 aliphatic carbocycles. The molecule has 474 valence electrons. The van der Waals surface area contributed by atoms with E-state index in [1.807, 2.05) is 0 Å². The van der Waals surface area contributed by atoms with Crippen LogP contribution in [0.15, 0.2) is 24.3 Å². The van der Waals surface area contributed by atoms with Gasteiger partial charge in [-0.3, -0.25) is 0 Å². The van der Waals surface area contributed by atoms with E-state index in [0.717, 1.165) is 0 Å². The second kappa shape index (κ2) is 23.3. The van der Waals surface area contributed by atoms with Crippen molar-refractivity contribution in [2.75, 3.05) is 13.2 Å². The first-order valence-electron chi connectivity index (χ1n) is 25.4. The topological polar surface area (TPSA) is 256 Å². The molecule has 3 aromatic heterocycles. The van der Waals surface area contributed by atoms with Gasteiger partial charge >= 0.3 is 0 Å². The second-order valence-electron chi connectivity index (χ2n) is 19.9. The van der Waals surface area contributed by atoms with Crippen LogP contribution in [-0.4, -0.2) is 135 Å². The Hall–Kier alpha value is -8.58. The molecule has 2 fully saturated rings. The van der Waals surface area contributed by atoms with Gasteiger partial charge < -0.3 is 69.8 Å². The maximum atomic E-state index is 17.0. The van der Waals surface area contributed by atoms with Gasteiger partial charge in [0.2, 0.25) is 47.5 Å². The van der Waals surface area contributed by atoms with Crippen LogP contribution in [0.25, 0.3) is 90.9 Å². The lowest BCUT2D eigenvalue weighted by Crippen LogP contribution is -2.60. The Kier molecular flexibility index (Phi) is 16.3. The Morgan fingerprint density at radius 2 is 0.533 bits per heavy atom. The minimum absolute atomic E-state index is 0.560. The van der Waals surface area contributed by atoms with Crippen LogP contribution in [-0.2, 0) is 9.47 Å². The van der Waals surface area contributed by atoms with Gasteiger partial charge in [0.05, 0.1) is 58.2 Å². The Morgan fingerprint density at radius 3 is 0.767 bits per heavy atom. The van der Waals surface area contributed by atoms with Crippen molar-refractivity contribution in [3.05, 3.63) is 152 Å². The normalized spacial score (nSPS) is 22.5. The van der Waals surface area contributed by atoms with E-state index in [4.69, 9.17) is 18.9 Å². The van der Waals surface area contributed by atoms with E-state index in [2.05, 4.69) is 19.9 Å². The second-order valence-corrected chi connectivity index (χ2v) is 19.9. The monoisotopic (exact) mass is 1290 g/mol. The molecule has 7 aromatic rings. The number of aromatic amines is 2. The molecule has 34 heteroatoms. The summed E-state index contributed by atoms with van der Waals surface area (Å²) in [5.74, 6) is -51.6. The number of benzene rings is 4. The average Bonchev–Trinajstić information content (AvgIpc) is 1.49. The molecule has 4 aliphatic heterocycles. The molecule has 7 heterocycles. The summed E-state index contributed by atoms with van der Waals surface area (Å²) in [5, 5.41) is 81.1. The zero-order valence-electron chi connectivity index (χ0n) is 43.7. The van der Waals surface area contributed by atoms with Crippen LogP contribution in [0.4, 0.5) is 79.0 Å². The van der Waals surface area contributed by atoms with E-state index < -0.39 is 280 Å². The molecule has 0 saturated carbocycles. The number of aliphatic hydroxyl groups is 8. The lowest BCUT2D eigenvalue weighted by Gasteiger charge is -2.39. The van der Waals surface area contributed by atoms with Gasteiger partial charge in [-0.05, 0) is 48.6 Å². The molecule has 11 rings (SSSR count). The number of hydrogen-bond donors (Lipinski definition) is 10. The van der Waals surface area contributed by atoms with Crippen molar-refractivity contribution in [1.29, 1.82) is 0 Å². The molecule has 4 aromatic carbocycles. The largest absolute Gasteiger partial charge is 0.456 e. The Bertz CT molecular complexity index is 4040. The number of fused-ring (bicyclic) bond motifs is 8. The van der Waals surface area contributed by atoms with Gasteiger partial charge in [-0.1, -0.05) is 0 Å². The van der Waals surface area contributed by atoms with E-state index >= 15 is 70.2 Å². The molecule has 10 N–H and O–H groups in total. The zero-order valence-corrected chi connectivity index (χ0v) is 43.7. The summed E-state index contributed by atoms with van der Waals surface area (Å²) in [7, 11) is 0. The number of aromatic nitrogens is 4. The molecule has 0 spiro atoms. The van der Waals surface area contributed by atoms with E-state index in [1.54, 1.807) is 0 Å². The van der Waals surface area contributed by atoms with Gasteiger partial charge in [0, 0.05) is 44.3 Å². The smallest absolute Gasteiger partial charge is 0.229 e. The van der Waals surface area contributed by atoms with E-state index in [1.165, 1.54) is 0 Å². The van der Waals surface area contributed by atoms with E-state index in [-0.39, 0.29) is 0 Å². The summed E-state index contributed by atoms with van der Waals surface area (Å²) in [6.45, 7) is -2.34. The third kappa shape index (κ3) is 9.78. The quantitative estimate of drug-likeness (QED) is 0.0352. The third-order valence-electron chi connectivity index (χ3n) is 14.8. The van der Waals surface area contributed by atoms with Crippen LogP contribution in [0.3, 0.4) is 0 Å². The highest BCUT2D eigenvalue weighted by atomic mass is 19.2. The molecule has 90 heavy (non-hydrogen) atoms. The summed E-state index contributed by atoms with van der Waals surface area (Å²) in [6, 6.07) is 2.36. The summed E-state index contributed by atoms with van der Waals surface area (Å²) in [4.78, 5) is 12.6. The van der Waals surface area contributed by atoms with Crippen molar-refractivity contribution < 1.29 is 139 Å². The van der Waals surface area contributed by atoms with Crippen molar-refractivity contribution in [3.8, 4) is 56.0 Å². The summed E-state index contributed by atoms with van der Waals surface area (Å²) >= 11 is 0. The van der Waals surface area contributed by atoms with Crippen LogP contribution in [0, 0.1) is 105 Å². The van der Waals surface area contributed by atoms with Crippen molar-refractivity contribution in [2.24, 2.45) is 0 Å². The van der Waals surface area contributed by atoms with Crippen molar-refractivity contribution >= 4 is 46.4 Å². The molecule has 16 nitrogen and oxygen atoms in total. The molecule has 2 saturated heterocycles. The number of H-pyrrole nitrogens is 2. The zero-order chi connectivity index (χ0) is 65.3. The molecule has 8 bridgehead atoms. The van der Waals surface area contributed by atoms with Gasteiger partial charge in [-0.25, -0.2) is 71.4 Å². The van der Waals surface area contributed by atoms with Gasteiger partial charge in [-0.2, -0.15) is 17.6 Å². The number of ether oxygens (including phenoxy) is 4. The van der Waals surface area contributed by atoms with Crippen LogP contribution in [0.5, 0.6) is 11.5 Å². The predicted octanol–water partition coefficient (Wildman–Crippen LogP) is 8.18. The molecular weight excluding hydrogens is 1260 g/mol. The van der Waals surface area contributed by atoms with Gasteiger partial charge in [0.1, 0.15) is 48.8 Å². The highest BCUT2D eigenvalue weighted by Crippen LogP contribution is 2.47. The number of nitrogens with zero attached hydrogens (tertiary/aromatic N) is 2. The maximum absolute atomic E-state index is 17.0. The average molecular weight is 1290 g/mol. The van der Waals surface area contributed by atoms with Gasteiger partial charge in [0.15, 0.2) is 81.3 Å². The Balaban J connectivity index is 1.27. The maximum Gasteiger partial charge on any atom is 0.229 e. The molecule has 4 aliphatic rings. The highest BCUT2D eigenvalue weighted by Gasteiger charge is 2.48. The fourth-order valence-electron chi connectivity index (χ4n) is 10.3. The lowest BCUT2D eigenvalue weighted by molar-refractivity contribution is -0.278. The molecule has 10 atom stereocenters. The standard InChI is InChI=1S/C56H32F18N4O12/c57-29-25(30(58)38(66)41(69)37(29)65)21-11-1-5-15(75-11)23(27-33(61)43(71)53(44(72)34(27)62)89-55-51(85)49(83)47(81)19(9-79)87-55)16-7-3-13(77-16)22(26-31(59)39(67)42(70)40(68)32(26)60)14-4-8-18(78-14)24(17-6-2-12(21)76-17)28-35(63)45(73)54(46(74)36(28)64)90-56-52(86)50(84)48(82)20(10-80)88-56/h1-8,19-20,47-52,55-56,75,78-86H,9-10H2/t19-,20-,47-,48-,49+,50+,51-,52-,55+,56+/m1/s1. The summed E-state index contributed by atoms with van der Waals surface area (Å²) < 4.78 is 309. The van der Waals surface area contributed by atoms with E-state index in [0.29, 0.717) is 48.6 Å². The lowest BCUT2D eigenvalue weighted by atomic mass is 9.99. The molecule has 0 unspecified atom stereocenters. The van der Waals surface area contributed by atoms with Gasteiger partial charge in [0.25, 0.3) is 0 Å². The number of hydrogen-bond acceptors (Lipinski definition) is 14. The number of rotatable bonds is 10. The van der Waals surface area contributed by atoms with E-state index in [9.17, 15) is 49.6 Å². The fourth-order valence-corrected chi connectivity index (χ4v) is 10.3. The Labute approximate surface area is 486 Å². The highest BCUT2D eigenvalue weighted by molar-refractivity contribution is 6.00. The van der Waals surface area contributed by atoms with Crippen molar-refractivity contribution in [2.45, 2.75) is 61.4 Å². The summed E-state index contributed by atoms with van der Waals surface area (Å²) in [6.07, 6.45) is -20.4. The predicted molar refractivity (Wildman–Crippen MR) is 269 cm³/mol. The fraction of sp³-hybridized carbons (Fsp3) is 0.214. The number of nitrogens with one attached hydrogen (secondary N) is 2. The molecule has 0 amide bonds. The minimum atomic E-state index is -2.78. The first-order valence-corrected chi connectivity index (χ1v) is 25.4. The SMILES string of the molecule is OC[C@H]1O[C@@H](Oc2c(F)c(F)c(-c3c4nc(c(-c5c(F)c(F)c(F)c(F)c5F)c5ccc([nH]5)c(-c5c(F)c(F)c(O[C@@H]6O[C@H](CO)[C@@H](O)[C@H](O)[C@H]6O)c(F)c5F)c5nc(c(-c6c(F)c(F)c(F)c(F)c6F)c6ccc3[nH]6)C=C5)C=C4)c(F)c2F)[C@H](O)[C@@H](O)[C@@H]1O. The first-order chi connectivity index (χ1) is 42.6. The number of halogens is 18. The van der Waals surface area contributed by atoms with Crippen LogP contribution in [0.1, 0.15) is 22.8 Å². The summed E-state index contributed by atoms with van der Waals surface area (Å²) in [5.41, 5.74) is -21.7. The minimum Gasteiger partial charge on any atom is -0.456 e. The third-order valence-corrected chi connectivity index (χ3v) is 14.8.